The monoisotopic (exact) mass is 782 g/mol. The molecule has 2 amide bonds. The fraction of sp³-hybridized carbons (Fsp3) is 0.500. The molecule has 3 aromatic carbocycles. The number of aliphatic hydroxyl groups is 1. The van der Waals surface area contributed by atoms with Gasteiger partial charge in [-0.25, -0.2) is 13.1 Å². The van der Waals surface area contributed by atoms with Gasteiger partial charge in [-0.15, -0.1) is 0 Å². The lowest BCUT2D eigenvalue weighted by atomic mass is 10.0. The summed E-state index contributed by atoms with van der Waals surface area (Å²) in [6.45, 7) is 4.98. The predicted octanol–water partition coefficient (Wildman–Crippen LogP) is 2.71. The average Bonchev–Trinajstić information content (AvgIpc) is 3.58. The quantitative estimate of drug-likeness (QED) is 0.0985. The zero-order valence-electron chi connectivity index (χ0n) is 31.3. The number of nitrogens with one attached hydrogen (secondary N) is 3. The highest BCUT2D eigenvalue weighted by atomic mass is 32.2. The molecule has 0 spiro atoms. The molecule has 300 valence electrons. The van der Waals surface area contributed by atoms with Crippen molar-refractivity contribution < 1.29 is 46.8 Å². The summed E-state index contributed by atoms with van der Waals surface area (Å²) in [5.74, 6) is -0.00490. The number of hydrogen-bond acceptors (Lipinski definition) is 11. The highest BCUT2D eigenvalue weighted by molar-refractivity contribution is 7.89. The summed E-state index contributed by atoms with van der Waals surface area (Å²) in [7, 11) is -3.72. The van der Waals surface area contributed by atoms with Crippen LogP contribution in [-0.2, 0) is 35.4 Å². The number of rotatable bonds is 24. The van der Waals surface area contributed by atoms with Crippen LogP contribution in [0.4, 0.5) is 0 Å². The Labute approximate surface area is 323 Å². The molecule has 5 rings (SSSR count). The molecule has 3 aromatic rings. The molecule has 15 heteroatoms. The maximum atomic E-state index is 12.9. The lowest BCUT2D eigenvalue weighted by Crippen LogP contribution is -2.43. The van der Waals surface area contributed by atoms with E-state index in [1.54, 1.807) is 42.5 Å². The number of fused-ring (bicyclic) bond motifs is 1. The van der Waals surface area contributed by atoms with Crippen molar-refractivity contribution in [3.8, 4) is 5.75 Å². The number of carbonyl (C=O) groups is 2. The van der Waals surface area contributed by atoms with Crippen LogP contribution in [0.1, 0.15) is 57.2 Å². The molecule has 0 radical (unpaired) electrons. The third-order valence-corrected chi connectivity index (χ3v) is 10.8. The van der Waals surface area contributed by atoms with Gasteiger partial charge < -0.3 is 39.4 Å². The van der Waals surface area contributed by atoms with Crippen molar-refractivity contribution in [2.75, 3.05) is 92.2 Å². The van der Waals surface area contributed by atoms with E-state index in [1.807, 2.05) is 6.07 Å². The maximum absolute atomic E-state index is 12.9. The zero-order valence-corrected chi connectivity index (χ0v) is 32.1. The van der Waals surface area contributed by atoms with Crippen molar-refractivity contribution in [2.45, 2.75) is 42.7 Å². The molecule has 0 saturated carbocycles. The summed E-state index contributed by atoms with van der Waals surface area (Å²) in [4.78, 5) is 27.5. The van der Waals surface area contributed by atoms with Crippen LogP contribution in [-0.4, -0.2) is 128 Å². The van der Waals surface area contributed by atoms with Crippen LogP contribution in [0.2, 0.25) is 0 Å². The topological polar surface area (TPSA) is 174 Å². The van der Waals surface area contributed by atoms with Crippen molar-refractivity contribution in [3.63, 3.8) is 0 Å². The molecule has 0 unspecified atom stereocenters. The largest absolute Gasteiger partial charge is 0.484 e. The Balaban J connectivity index is 0.896. The predicted molar refractivity (Wildman–Crippen MR) is 206 cm³/mol. The van der Waals surface area contributed by atoms with Gasteiger partial charge in [0.2, 0.25) is 10.0 Å². The Morgan fingerprint density at radius 1 is 0.691 bits per heavy atom. The number of likely N-dealkylation sites (tertiary alicyclic amines) is 1. The summed E-state index contributed by atoms with van der Waals surface area (Å²) >= 11 is 0. The number of carbonyl (C=O) groups excluding carboxylic acids is 2. The molecule has 1 aliphatic carbocycles. The SMILES string of the molecule is O=C(NCCOCCO)c1cccc(C(=O)NCCOCCOCCOCCNS(=O)(=O)c2ccc(O[C@H]3c4ccccc4C[C@@H]3N3CCCCC3)cc2)c1. The summed E-state index contributed by atoms with van der Waals surface area (Å²) in [6, 6.07) is 21.7. The average molecular weight is 783 g/mol. The Hall–Kier alpha value is -3.93. The van der Waals surface area contributed by atoms with Gasteiger partial charge in [-0.1, -0.05) is 36.8 Å². The van der Waals surface area contributed by atoms with E-state index in [1.165, 1.54) is 36.5 Å². The molecule has 1 fully saturated rings. The number of nitrogens with zero attached hydrogens (tertiary/aromatic N) is 1. The number of sulfonamides is 1. The Bertz CT molecular complexity index is 1740. The number of benzene rings is 3. The molecule has 0 aromatic heterocycles. The van der Waals surface area contributed by atoms with Gasteiger partial charge in [0.05, 0.1) is 70.4 Å². The third-order valence-electron chi connectivity index (χ3n) is 9.37. The molecular formula is C40H54N4O10S. The highest BCUT2D eigenvalue weighted by Gasteiger charge is 2.38. The fourth-order valence-corrected chi connectivity index (χ4v) is 7.63. The van der Waals surface area contributed by atoms with Crippen molar-refractivity contribution in [2.24, 2.45) is 0 Å². The van der Waals surface area contributed by atoms with Gasteiger partial charge in [-0.05, 0) is 85.9 Å². The van der Waals surface area contributed by atoms with E-state index in [2.05, 4.69) is 38.5 Å². The molecule has 4 N–H and O–H groups in total. The molecule has 2 atom stereocenters. The van der Waals surface area contributed by atoms with E-state index >= 15 is 0 Å². The molecule has 55 heavy (non-hydrogen) atoms. The van der Waals surface area contributed by atoms with Crippen LogP contribution in [0.3, 0.4) is 0 Å². The third kappa shape index (κ3) is 13.4. The molecule has 1 aliphatic heterocycles. The molecule has 14 nitrogen and oxygen atoms in total. The normalized spacial score (nSPS) is 17.1. The van der Waals surface area contributed by atoms with Crippen LogP contribution >= 0.6 is 0 Å². The van der Waals surface area contributed by atoms with Crippen LogP contribution < -0.4 is 20.1 Å². The van der Waals surface area contributed by atoms with Crippen LogP contribution in [0, 0.1) is 0 Å². The Morgan fingerprint density at radius 3 is 1.91 bits per heavy atom. The van der Waals surface area contributed by atoms with Crippen molar-refractivity contribution >= 4 is 21.8 Å². The van der Waals surface area contributed by atoms with E-state index in [0.29, 0.717) is 43.3 Å². The van der Waals surface area contributed by atoms with Crippen molar-refractivity contribution in [1.29, 1.82) is 0 Å². The standard InChI is InChI=1S/C40H54N4O10S/c45-20-24-50-21-15-41-39(46)32-8-6-9-33(29-32)40(47)42-16-22-51-25-27-53-28-26-52-23-17-43-55(48,49)35-13-11-34(12-14-35)54-38-36-10-3-2-7-31(36)30-37(38)44-18-4-1-5-19-44/h2-3,6-14,29,37-38,43,45H,1,4-5,15-28,30H2,(H,41,46)(H,42,47)/t37-,38-/m0/s1. The van der Waals surface area contributed by atoms with Gasteiger partial charge in [0.25, 0.3) is 11.8 Å². The first-order valence-corrected chi connectivity index (χ1v) is 20.5. The minimum absolute atomic E-state index is 0.0808. The summed E-state index contributed by atoms with van der Waals surface area (Å²) < 4.78 is 56.5. The minimum Gasteiger partial charge on any atom is -0.484 e. The molecular weight excluding hydrogens is 729 g/mol. The van der Waals surface area contributed by atoms with E-state index in [9.17, 15) is 18.0 Å². The lowest BCUT2D eigenvalue weighted by molar-refractivity contribution is 0.0162. The highest BCUT2D eigenvalue weighted by Crippen LogP contribution is 2.39. The first-order chi connectivity index (χ1) is 26.9. The van der Waals surface area contributed by atoms with E-state index in [0.717, 1.165) is 19.5 Å². The summed E-state index contributed by atoms with van der Waals surface area (Å²) in [6.07, 6.45) is 4.53. The van der Waals surface area contributed by atoms with Crippen LogP contribution in [0.15, 0.2) is 77.7 Å². The van der Waals surface area contributed by atoms with Crippen molar-refractivity contribution in [1.82, 2.24) is 20.3 Å². The zero-order chi connectivity index (χ0) is 38.7. The van der Waals surface area contributed by atoms with Crippen molar-refractivity contribution in [3.05, 3.63) is 95.1 Å². The second-order valence-corrected chi connectivity index (χ2v) is 15.0. The van der Waals surface area contributed by atoms with Gasteiger partial charge in [-0.3, -0.25) is 14.5 Å². The number of aliphatic hydroxyl groups excluding tert-OH is 1. The molecule has 1 heterocycles. The smallest absolute Gasteiger partial charge is 0.251 e. The van der Waals surface area contributed by atoms with Crippen LogP contribution in [0.25, 0.3) is 0 Å². The lowest BCUT2D eigenvalue weighted by Gasteiger charge is -2.35. The Kier molecular flexibility index (Phi) is 17.3. The number of amides is 2. The molecule has 0 bridgehead atoms. The number of ether oxygens (including phenoxy) is 5. The minimum atomic E-state index is -3.72. The fourth-order valence-electron chi connectivity index (χ4n) is 6.61. The first kappa shape index (κ1) is 42.2. The van der Waals surface area contributed by atoms with Gasteiger partial charge in [0.15, 0.2) is 0 Å². The summed E-state index contributed by atoms with van der Waals surface area (Å²) in [5, 5.41) is 14.2. The van der Waals surface area contributed by atoms with E-state index in [4.69, 9.17) is 28.8 Å². The number of hydrogen-bond donors (Lipinski definition) is 4. The van der Waals surface area contributed by atoms with Gasteiger partial charge >= 0.3 is 0 Å². The second-order valence-electron chi connectivity index (χ2n) is 13.2. The van der Waals surface area contributed by atoms with E-state index in [-0.39, 0.29) is 81.5 Å². The first-order valence-electron chi connectivity index (χ1n) is 19.0. The Morgan fingerprint density at radius 2 is 1.27 bits per heavy atom. The number of piperidine rings is 1. The molecule has 2 aliphatic rings. The van der Waals surface area contributed by atoms with Gasteiger partial charge in [-0.2, -0.15) is 0 Å². The van der Waals surface area contributed by atoms with E-state index < -0.39 is 10.0 Å². The summed E-state index contributed by atoms with van der Waals surface area (Å²) in [5.41, 5.74) is 3.23. The van der Waals surface area contributed by atoms with Gasteiger partial charge in [0, 0.05) is 30.8 Å². The van der Waals surface area contributed by atoms with Crippen LogP contribution in [0.5, 0.6) is 5.75 Å². The maximum Gasteiger partial charge on any atom is 0.251 e. The second kappa shape index (κ2) is 22.6. The van der Waals surface area contributed by atoms with Gasteiger partial charge in [0.1, 0.15) is 11.9 Å². The molecule has 1 saturated heterocycles.